The number of carbonyl (C=O) groups excluding carboxylic acids is 1. The Labute approximate surface area is 183 Å². The third-order valence-electron chi connectivity index (χ3n) is 5.92. The average Bonchev–Trinajstić information content (AvgIpc) is 2.72. The van der Waals surface area contributed by atoms with Crippen LogP contribution >= 0.6 is 0 Å². The fourth-order valence-electron chi connectivity index (χ4n) is 3.85. The molecular weight excluding hydrogens is 388 g/mol. The van der Waals surface area contributed by atoms with Gasteiger partial charge in [0, 0.05) is 42.9 Å². The summed E-state index contributed by atoms with van der Waals surface area (Å²) in [6.45, 7) is 7.18. The first-order valence-corrected chi connectivity index (χ1v) is 10.2. The number of benzene rings is 2. The fourth-order valence-corrected chi connectivity index (χ4v) is 3.85. The molecule has 2 aromatic rings. The normalized spacial score (nSPS) is 14.5. The quantitative estimate of drug-likeness (QED) is 0.700. The van der Waals surface area contributed by atoms with Crippen molar-refractivity contribution in [3.05, 3.63) is 75.4 Å². The van der Waals surface area contributed by atoms with Crippen molar-refractivity contribution in [2.24, 2.45) is 5.73 Å². The zero-order chi connectivity index (χ0) is 22.7. The van der Waals surface area contributed by atoms with E-state index in [4.69, 9.17) is 21.1 Å². The Hall–Kier alpha value is -3.43. The molecule has 2 aromatic carbocycles. The number of carbonyl (C=O) groups is 1. The van der Waals surface area contributed by atoms with Crippen molar-refractivity contribution >= 4 is 17.3 Å². The molecule has 31 heavy (non-hydrogen) atoms. The number of nitrogens with one attached hydrogen (secondary N) is 1. The zero-order valence-corrected chi connectivity index (χ0v) is 18.5. The lowest BCUT2D eigenvalue weighted by atomic mass is 9.89. The Morgan fingerprint density at radius 1 is 1.19 bits per heavy atom. The summed E-state index contributed by atoms with van der Waals surface area (Å²) in [4.78, 5) is 15.0. The number of nitrogens with two attached hydrogens (primary N) is 1. The Morgan fingerprint density at radius 3 is 2.39 bits per heavy atom. The van der Waals surface area contributed by atoms with Crippen LogP contribution in [0.2, 0.25) is 0 Å². The van der Waals surface area contributed by atoms with Crippen LogP contribution in [-0.4, -0.2) is 43.3 Å². The van der Waals surface area contributed by atoms with Gasteiger partial charge in [-0.3, -0.25) is 4.79 Å². The number of likely N-dealkylation sites (tertiary alicyclic amines) is 1. The van der Waals surface area contributed by atoms with Crippen LogP contribution in [0.25, 0.3) is 5.70 Å². The predicted molar refractivity (Wildman–Crippen MR) is 122 cm³/mol. The number of nitriles is 1. The monoisotopic (exact) mass is 416 g/mol. The molecule has 1 heterocycles. The molecule has 0 bridgehead atoms. The van der Waals surface area contributed by atoms with Crippen molar-refractivity contribution in [1.29, 1.82) is 10.7 Å². The summed E-state index contributed by atoms with van der Waals surface area (Å²) in [6.07, 6.45) is 0. The lowest BCUT2D eigenvalue weighted by molar-refractivity contribution is 0.0601. The molecule has 1 aliphatic heterocycles. The van der Waals surface area contributed by atoms with E-state index in [0.29, 0.717) is 41.2 Å². The first-order valence-electron chi connectivity index (χ1n) is 10.2. The first kappa shape index (κ1) is 22.3. The molecule has 0 saturated carbocycles. The van der Waals surface area contributed by atoms with Gasteiger partial charge in [0.05, 0.1) is 24.0 Å². The number of rotatable bonds is 6. The highest BCUT2D eigenvalue weighted by Gasteiger charge is 2.33. The summed E-state index contributed by atoms with van der Waals surface area (Å²) < 4.78 is 5.04. The molecule has 160 valence electrons. The Balaban J connectivity index is 1.81. The Morgan fingerprint density at radius 2 is 1.81 bits per heavy atom. The van der Waals surface area contributed by atoms with Gasteiger partial charge in [-0.1, -0.05) is 18.2 Å². The van der Waals surface area contributed by atoms with Crippen molar-refractivity contribution in [2.45, 2.75) is 26.7 Å². The van der Waals surface area contributed by atoms with Crippen LogP contribution in [0.3, 0.4) is 0 Å². The molecule has 6 nitrogen and oxygen atoms in total. The molecule has 1 amide bonds. The van der Waals surface area contributed by atoms with E-state index in [1.165, 1.54) is 0 Å². The van der Waals surface area contributed by atoms with E-state index in [0.717, 1.165) is 22.3 Å². The van der Waals surface area contributed by atoms with Gasteiger partial charge < -0.3 is 20.8 Å². The van der Waals surface area contributed by atoms with Crippen LogP contribution in [0.15, 0.2) is 42.0 Å². The van der Waals surface area contributed by atoms with E-state index in [9.17, 15) is 4.79 Å². The Kier molecular flexibility index (Phi) is 6.57. The minimum atomic E-state index is -0.0129. The third kappa shape index (κ3) is 4.52. The molecule has 0 spiro atoms. The summed E-state index contributed by atoms with van der Waals surface area (Å²) >= 11 is 0. The van der Waals surface area contributed by atoms with Gasteiger partial charge in [-0.25, -0.2) is 0 Å². The zero-order valence-electron chi connectivity index (χ0n) is 18.5. The van der Waals surface area contributed by atoms with Crippen LogP contribution in [0.1, 0.15) is 51.0 Å². The lowest BCUT2D eigenvalue weighted by Crippen LogP contribution is -2.48. The summed E-state index contributed by atoms with van der Waals surface area (Å²) in [7, 11) is 1.55. The van der Waals surface area contributed by atoms with Gasteiger partial charge in [0.15, 0.2) is 0 Å². The number of hydrogen-bond donors (Lipinski definition) is 2. The largest absolute Gasteiger partial charge is 0.398 e. The SMILES string of the molecule is COCC(=N)/C(C)=C(\N)c1cc(C(=O)N2CC(c3ccc(C#N)cc3)C2)c(C)cc1C. The van der Waals surface area contributed by atoms with E-state index in [2.05, 4.69) is 6.07 Å². The minimum absolute atomic E-state index is 0.0129. The molecule has 3 N–H and O–H groups in total. The van der Waals surface area contributed by atoms with Gasteiger partial charge in [-0.15, -0.1) is 0 Å². The smallest absolute Gasteiger partial charge is 0.254 e. The minimum Gasteiger partial charge on any atom is -0.398 e. The highest BCUT2D eigenvalue weighted by atomic mass is 16.5. The van der Waals surface area contributed by atoms with Gasteiger partial charge in [0.1, 0.15) is 0 Å². The standard InChI is InChI=1S/C25H28N4O2/c1-15-9-16(2)22(10-21(15)24(28)17(3)23(27)14-31-4)25(30)29-12-20(13-29)19-7-5-18(11-26)6-8-19/h5-10,20,27H,12-14,28H2,1-4H3/b24-17-,27-23?. The molecule has 1 saturated heterocycles. The second-order valence-electron chi connectivity index (χ2n) is 8.07. The molecule has 1 aliphatic rings. The summed E-state index contributed by atoms with van der Waals surface area (Å²) in [5.41, 5.74) is 12.9. The maximum atomic E-state index is 13.2. The average molecular weight is 417 g/mol. The van der Waals surface area contributed by atoms with Gasteiger partial charge >= 0.3 is 0 Å². The van der Waals surface area contributed by atoms with Gasteiger partial charge in [0.2, 0.25) is 0 Å². The molecule has 6 heteroatoms. The van der Waals surface area contributed by atoms with Crippen molar-refractivity contribution in [3.63, 3.8) is 0 Å². The number of aryl methyl sites for hydroxylation is 2. The van der Waals surface area contributed by atoms with Crippen molar-refractivity contribution in [3.8, 4) is 6.07 Å². The Bertz CT molecular complexity index is 1090. The van der Waals surface area contributed by atoms with Gasteiger partial charge in [-0.2, -0.15) is 5.26 Å². The number of ether oxygens (including phenoxy) is 1. The van der Waals surface area contributed by atoms with E-state index >= 15 is 0 Å². The fraction of sp³-hybridized carbons (Fsp3) is 0.320. The van der Waals surface area contributed by atoms with Crippen molar-refractivity contribution in [1.82, 2.24) is 4.90 Å². The van der Waals surface area contributed by atoms with Crippen molar-refractivity contribution < 1.29 is 9.53 Å². The van der Waals surface area contributed by atoms with E-state index < -0.39 is 0 Å². The van der Waals surface area contributed by atoms with Crippen LogP contribution < -0.4 is 5.73 Å². The van der Waals surface area contributed by atoms with E-state index in [1.54, 1.807) is 14.0 Å². The number of nitrogens with zero attached hydrogens (tertiary/aromatic N) is 2. The molecule has 1 fully saturated rings. The summed E-state index contributed by atoms with van der Waals surface area (Å²) in [6, 6.07) is 13.5. The van der Waals surface area contributed by atoms with Crippen LogP contribution in [-0.2, 0) is 4.74 Å². The molecule has 0 aromatic heterocycles. The summed E-state index contributed by atoms with van der Waals surface area (Å²) in [5.74, 6) is 0.268. The van der Waals surface area contributed by atoms with Crippen LogP contribution in [0, 0.1) is 30.6 Å². The lowest BCUT2D eigenvalue weighted by Gasteiger charge is -2.40. The molecule has 3 rings (SSSR count). The highest BCUT2D eigenvalue weighted by Crippen LogP contribution is 2.30. The second-order valence-corrected chi connectivity index (χ2v) is 8.07. The number of hydrogen-bond acceptors (Lipinski definition) is 5. The van der Waals surface area contributed by atoms with Gasteiger partial charge in [-0.05, 0) is 61.2 Å². The summed E-state index contributed by atoms with van der Waals surface area (Å²) in [5, 5.41) is 17.1. The molecule has 0 aliphatic carbocycles. The number of amides is 1. The predicted octanol–water partition coefficient (Wildman–Crippen LogP) is 3.77. The molecule has 0 atom stereocenters. The number of methoxy groups -OCH3 is 1. The van der Waals surface area contributed by atoms with Crippen LogP contribution in [0.5, 0.6) is 0 Å². The molecular formula is C25H28N4O2. The van der Waals surface area contributed by atoms with Gasteiger partial charge in [0.25, 0.3) is 5.91 Å². The first-order chi connectivity index (χ1) is 14.8. The highest BCUT2D eigenvalue weighted by molar-refractivity contribution is 6.05. The maximum Gasteiger partial charge on any atom is 0.254 e. The van der Waals surface area contributed by atoms with Crippen LogP contribution in [0.4, 0.5) is 0 Å². The van der Waals surface area contributed by atoms with E-state index in [1.807, 2.05) is 55.1 Å². The second kappa shape index (κ2) is 9.15. The third-order valence-corrected chi connectivity index (χ3v) is 5.92. The molecule has 0 unspecified atom stereocenters. The maximum absolute atomic E-state index is 13.2. The topological polar surface area (TPSA) is 103 Å². The van der Waals surface area contributed by atoms with E-state index in [-0.39, 0.29) is 18.4 Å². The molecule has 0 radical (unpaired) electrons. The van der Waals surface area contributed by atoms with Crippen molar-refractivity contribution in [2.75, 3.05) is 26.8 Å².